The molecule has 0 spiro atoms. The number of amides is 2. The number of carbonyl (C=O) groups is 2. The molecule has 1 saturated heterocycles. The Labute approximate surface area is 204 Å². The van der Waals surface area contributed by atoms with E-state index < -0.39 is 0 Å². The molecule has 9 heteroatoms. The van der Waals surface area contributed by atoms with E-state index in [4.69, 9.17) is 9.47 Å². The van der Waals surface area contributed by atoms with Crippen molar-refractivity contribution in [3.8, 4) is 0 Å². The molecule has 0 atom stereocenters. The Morgan fingerprint density at radius 1 is 1.14 bits per heavy atom. The predicted octanol–water partition coefficient (Wildman–Crippen LogP) is 2.57. The number of aromatic nitrogens is 2. The van der Waals surface area contributed by atoms with Crippen molar-refractivity contribution in [1.29, 1.82) is 0 Å². The molecule has 1 aliphatic carbocycles. The summed E-state index contributed by atoms with van der Waals surface area (Å²) >= 11 is 0. The van der Waals surface area contributed by atoms with E-state index in [1.807, 2.05) is 47.4 Å². The highest BCUT2D eigenvalue weighted by atomic mass is 16.5. The highest BCUT2D eigenvalue weighted by Crippen LogP contribution is 2.20. The average molecular weight is 478 g/mol. The van der Waals surface area contributed by atoms with Gasteiger partial charge in [-0.3, -0.25) is 19.6 Å². The van der Waals surface area contributed by atoms with Crippen LogP contribution in [-0.2, 0) is 19.1 Å². The van der Waals surface area contributed by atoms with E-state index in [0.717, 1.165) is 49.3 Å². The summed E-state index contributed by atoms with van der Waals surface area (Å²) in [6.45, 7) is 6.05. The Kier molecular flexibility index (Phi) is 7.99. The van der Waals surface area contributed by atoms with Gasteiger partial charge < -0.3 is 19.7 Å². The number of piperazine rings is 1. The highest BCUT2D eigenvalue weighted by Gasteiger charge is 2.19. The van der Waals surface area contributed by atoms with Crippen LogP contribution in [0.4, 0.5) is 0 Å². The smallest absolute Gasteiger partial charge is 0.248 e. The van der Waals surface area contributed by atoms with Gasteiger partial charge >= 0.3 is 0 Å². The molecule has 1 aromatic heterocycles. The molecule has 1 aromatic carbocycles. The van der Waals surface area contributed by atoms with Crippen molar-refractivity contribution >= 4 is 28.8 Å². The van der Waals surface area contributed by atoms with Crippen LogP contribution in [-0.4, -0.2) is 78.3 Å². The summed E-state index contributed by atoms with van der Waals surface area (Å²) in [5, 5.41) is 11.1. The lowest BCUT2D eigenvalue weighted by atomic mass is 10.2. The molecule has 2 aromatic rings. The van der Waals surface area contributed by atoms with Crippen LogP contribution in [0.2, 0.25) is 0 Å². The van der Waals surface area contributed by atoms with Crippen LogP contribution in [0, 0.1) is 0 Å². The number of carbonyl (C=O) groups excluding carboxylic acids is 2. The maximum atomic E-state index is 12.5. The number of benzene rings is 1. The Balaban J connectivity index is 1.30. The number of para-hydroxylation sites is 1. The van der Waals surface area contributed by atoms with E-state index in [-0.39, 0.29) is 11.8 Å². The Bertz CT molecular complexity index is 1190. The van der Waals surface area contributed by atoms with Crippen LogP contribution in [0.1, 0.15) is 19.0 Å². The second-order valence-corrected chi connectivity index (χ2v) is 8.37. The number of hydrogen-bond donors (Lipinski definition) is 2. The molecule has 4 rings (SSSR count). The van der Waals surface area contributed by atoms with Crippen LogP contribution in [0.3, 0.4) is 0 Å². The predicted molar refractivity (Wildman–Crippen MR) is 134 cm³/mol. The minimum Gasteiger partial charge on any atom is -0.493 e. The van der Waals surface area contributed by atoms with Gasteiger partial charge in [-0.1, -0.05) is 18.2 Å². The normalized spacial score (nSPS) is 17.0. The molecule has 2 N–H and O–H groups in total. The lowest BCUT2D eigenvalue weighted by Crippen LogP contribution is -2.48. The molecule has 0 unspecified atom stereocenters. The van der Waals surface area contributed by atoms with Crippen LogP contribution in [0.5, 0.6) is 0 Å². The largest absolute Gasteiger partial charge is 0.493 e. The van der Waals surface area contributed by atoms with E-state index in [1.165, 1.54) is 6.08 Å². The van der Waals surface area contributed by atoms with Gasteiger partial charge in [-0.05, 0) is 30.4 Å². The SMILES string of the molecule is COC1=CCC(NC(=O)/C=C/c2n[nH]c3ccccc23)=CC=C1OCCN1CCN(C(C)=O)CC1. The third kappa shape index (κ3) is 6.39. The molecule has 0 radical (unpaired) electrons. The number of methoxy groups -OCH3 is 1. The van der Waals surface area contributed by atoms with Crippen LogP contribution < -0.4 is 5.32 Å². The summed E-state index contributed by atoms with van der Waals surface area (Å²) in [6, 6.07) is 7.77. The molecular formula is C26H31N5O4. The maximum Gasteiger partial charge on any atom is 0.248 e. The van der Waals surface area contributed by atoms with E-state index in [2.05, 4.69) is 20.4 Å². The zero-order chi connectivity index (χ0) is 24.6. The number of nitrogens with zero attached hydrogens (tertiary/aromatic N) is 3. The summed E-state index contributed by atoms with van der Waals surface area (Å²) in [6.07, 6.45) is 9.21. The quantitative estimate of drug-likeness (QED) is 0.567. The zero-order valence-electron chi connectivity index (χ0n) is 20.1. The van der Waals surface area contributed by atoms with E-state index in [9.17, 15) is 9.59 Å². The molecular weight excluding hydrogens is 446 g/mol. The molecule has 2 amide bonds. The molecule has 1 aliphatic heterocycles. The summed E-state index contributed by atoms with van der Waals surface area (Å²) in [4.78, 5) is 28.1. The van der Waals surface area contributed by atoms with Gasteiger partial charge in [-0.25, -0.2) is 0 Å². The van der Waals surface area contributed by atoms with E-state index in [1.54, 1.807) is 20.1 Å². The van der Waals surface area contributed by atoms with Gasteiger partial charge in [0.1, 0.15) is 6.61 Å². The average Bonchev–Trinajstić information content (AvgIpc) is 3.18. The Morgan fingerprint density at radius 3 is 2.71 bits per heavy atom. The number of H-pyrrole nitrogens is 1. The lowest BCUT2D eigenvalue weighted by molar-refractivity contribution is -0.130. The fourth-order valence-corrected chi connectivity index (χ4v) is 4.06. The van der Waals surface area contributed by atoms with Crippen molar-refractivity contribution in [2.75, 3.05) is 46.4 Å². The van der Waals surface area contributed by atoms with Gasteiger partial charge in [0.25, 0.3) is 0 Å². The molecule has 1 fully saturated rings. The molecule has 2 aliphatic rings. The highest BCUT2D eigenvalue weighted by molar-refractivity contribution is 5.95. The first-order valence-electron chi connectivity index (χ1n) is 11.7. The number of hydrogen-bond acceptors (Lipinski definition) is 6. The number of allylic oxidation sites excluding steroid dienone is 3. The monoisotopic (exact) mass is 477 g/mol. The Hall–Kier alpha value is -3.85. The summed E-state index contributed by atoms with van der Waals surface area (Å²) in [5.74, 6) is 1.14. The van der Waals surface area contributed by atoms with Crippen molar-refractivity contribution in [1.82, 2.24) is 25.3 Å². The van der Waals surface area contributed by atoms with E-state index >= 15 is 0 Å². The van der Waals surface area contributed by atoms with E-state index in [0.29, 0.717) is 30.2 Å². The van der Waals surface area contributed by atoms with Crippen molar-refractivity contribution in [2.45, 2.75) is 13.3 Å². The number of ether oxygens (including phenoxy) is 2. The standard InChI is InChI=1S/C26H31N5O4/c1-19(32)31-15-13-30(14-16-31)17-18-35-25-11-8-20(7-10-24(25)34-2)27-26(33)12-9-23-21-5-3-4-6-22(21)28-29-23/h3-6,8-12H,7,13-18H2,1-2H3,(H,27,33)(H,28,29)/b12-9+. The second-order valence-electron chi connectivity index (χ2n) is 8.37. The maximum absolute atomic E-state index is 12.5. The van der Waals surface area contributed by atoms with Gasteiger partial charge in [-0.15, -0.1) is 0 Å². The van der Waals surface area contributed by atoms with Crippen molar-refractivity contribution in [2.24, 2.45) is 0 Å². The zero-order valence-corrected chi connectivity index (χ0v) is 20.1. The number of nitrogens with one attached hydrogen (secondary N) is 2. The minimum atomic E-state index is -0.238. The molecule has 2 heterocycles. The van der Waals surface area contributed by atoms with Gasteiger partial charge in [0.05, 0.1) is 18.3 Å². The molecule has 0 saturated carbocycles. The van der Waals surface area contributed by atoms with Gasteiger partial charge in [0.15, 0.2) is 11.5 Å². The number of rotatable bonds is 8. The topological polar surface area (TPSA) is 99.8 Å². The molecule has 35 heavy (non-hydrogen) atoms. The van der Waals surface area contributed by atoms with Crippen molar-refractivity contribution in [3.05, 3.63) is 71.5 Å². The summed E-state index contributed by atoms with van der Waals surface area (Å²) in [5.41, 5.74) is 2.37. The molecule has 184 valence electrons. The molecule has 0 bridgehead atoms. The second kappa shape index (κ2) is 11.5. The van der Waals surface area contributed by atoms with Gasteiger partial charge in [-0.2, -0.15) is 5.10 Å². The van der Waals surface area contributed by atoms with Crippen molar-refractivity contribution in [3.63, 3.8) is 0 Å². The number of fused-ring (bicyclic) bond motifs is 1. The third-order valence-electron chi connectivity index (χ3n) is 6.06. The first kappa shape index (κ1) is 24.3. The summed E-state index contributed by atoms with van der Waals surface area (Å²) in [7, 11) is 1.60. The third-order valence-corrected chi connectivity index (χ3v) is 6.06. The van der Waals surface area contributed by atoms with Gasteiger partial charge in [0, 0.05) is 63.2 Å². The minimum absolute atomic E-state index is 0.124. The van der Waals surface area contributed by atoms with Crippen LogP contribution in [0.25, 0.3) is 17.0 Å². The summed E-state index contributed by atoms with van der Waals surface area (Å²) < 4.78 is 11.5. The van der Waals surface area contributed by atoms with Crippen LogP contribution >= 0.6 is 0 Å². The Morgan fingerprint density at radius 2 is 1.94 bits per heavy atom. The fraction of sp³-hybridized carbons (Fsp3) is 0.346. The number of aromatic amines is 1. The molecule has 9 nitrogen and oxygen atoms in total. The first-order chi connectivity index (χ1) is 17.0. The van der Waals surface area contributed by atoms with Crippen molar-refractivity contribution < 1.29 is 19.1 Å². The lowest BCUT2D eigenvalue weighted by Gasteiger charge is -2.34. The fourth-order valence-electron chi connectivity index (χ4n) is 4.06. The first-order valence-corrected chi connectivity index (χ1v) is 11.7. The van der Waals surface area contributed by atoms with Crippen LogP contribution in [0.15, 0.2) is 65.8 Å². The van der Waals surface area contributed by atoms with Gasteiger partial charge in [0.2, 0.25) is 11.8 Å².